The molecule has 0 radical (unpaired) electrons. The SMILES string of the molecule is CCCN1CCOC(CC)C1. The molecule has 1 unspecified atom stereocenters. The molecular weight excluding hydrogens is 138 g/mol. The molecule has 1 heterocycles. The summed E-state index contributed by atoms with van der Waals surface area (Å²) in [5.41, 5.74) is 0. The molecule has 2 heteroatoms. The first-order chi connectivity index (χ1) is 5.36. The average molecular weight is 157 g/mol. The Morgan fingerprint density at radius 2 is 2.27 bits per heavy atom. The minimum absolute atomic E-state index is 0.496. The van der Waals surface area contributed by atoms with Gasteiger partial charge in [-0.3, -0.25) is 4.90 Å². The van der Waals surface area contributed by atoms with E-state index >= 15 is 0 Å². The number of hydrogen-bond donors (Lipinski definition) is 0. The van der Waals surface area contributed by atoms with Crippen molar-refractivity contribution in [3.8, 4) is 0 Å². The summed E-state index contributed by atoms with van der Waals surface area (Å²) >= 11 is 0. The second-order valence-electron chi connectivity index (χ2n) is 3.20. The molecule has 1 saturated heterocycles. The first-order valence-electron chi connectivity index (χ1n) is 4.70. The van der Waals surface area contributed by atoms with E-state index in [1.165, 1.54) is 13.0 Å². The summed E-state index contributed by atoms with van der Waals surface area (Å²) in [4.78, 5) is 2.50. The lowest BCUT2D eigenvalue weighted by Crippen LogP contribution is -2.42. The Morgan fingerprint density at radius 3 is 2.91 bits per heavy atom. The van der Waals surface area contributed by atoms with Gasteiger partial charge in [0.15, 0.2) is 0 Å². The molecule has 1 aliphatic heterocycles. The monoisotopic (exact) mass is 157 g/mol. The molecule has 0 aromatic carbocycles. The standard InChI is InChI=1S/C9H19NO/c1-3-5-10-6-7-11-9(4-2)8-10/h9H,3-8H2,1-2H3. The Balaban J connectivity index is 2.21. The highest BCUT2D eigenvalue weighted by Crippen LogP contribution is 2.07. The van der Waals surface area contributed by atoms with Crippen LogP contribution in [0, 0.1) is 0 Å². The van der Waals surface area contributed by atoms with Crippen LogP contribution in [0.5, 0.6) is 0 Å². The molecule has 1 rings (SSSR count). The summed E-state index contributed by atoms with van der Waals surface area (Å²) in [6.07, 6.45) is 2.91. The van der Waals surface area contributed by atoms with E-state index in [1.807, 2.05) is 0 Å². The van der Waals surface area contributed by atoms with Gasteiger partial charge in [0.05, 0.1) is 12.7 Å². The number of hydrogen-bond acceptors (Lipinski definition) is 2. The van der Waals surface area contributed by atoms with Crippen molar-refractivity contribution >= 4 is 0 Å². The quantitative estimate of drug-likeness (QED) is 0.615. The van der Waals surface area contributed by atoms with Crippen LogP contribution in [0.3, 0.4) is 0 Å². The summed E-state index contributed by atoms with van der Waals surface area (Å²) in [5, 5.41) is 0. The molecule has 1 atom stereocenters. The zero-order valence-electron chi connectivity index (χ0n) is 7.68. The Kier molecular flexibility index (Phi) is 3.87. The largest absolute Gasteiger partial charge is 0.376 e. The fourth-order valence-electron chi connectivity index (χ4n) is 1.55. The van der Waals surface area contributed by atoms with Gasteiger partial charge in [-0.15, -0.1) is 0 Å². The van der Waals surface area contributed by atoms with Crippen molar-refractivity contribution in [3.63, 3.8) is 0 Å². The third kappa shape index (κ3) is 2.80. The van der Waals surface area contributed by atoms with Crippen LogP contribution in [-0.4, -0.2) is 37.2 Å². The molecule has 1 aliphatic rings. The minimum atomic E-state index is 0.496. The van der Waals surface area contributed by atoms with E-state index in [9.17, 15) is 0 Å². The number of nitrogens with zero attached hydrogens (tertiary/aromatic N) is 1. The van der Waals surface area contributed by atoms with Crippen molar-refractivity contribution in [2.75, 3.05) is 26.2 Å². The highest BCUT2D eigenvalue weighted by molar-refractivity contribution is 4.69. The fraction of sp³-hybridized carbons (Fsp3) is 1.00. The average Bonchev–Trinajstić information content (AvgIpc) is 2.06. The molecule has 0 aromatic heterocycles. The highest BCUT2D eigenvalue weighted by atomic mass is 16.5. The van der Waals surface area contributed by atoms with Crippen LogP contribution in [0.4, 0.5) is 0 Å². The second-order valence-corrected chi connectivity index (χ2v) is 3.20. The summed E-state index contributed by atoms with van der Waals surface area (Å²) in [7, 11) is 0. The van der Waals surface area contributed by atoms with Crippen molar-refractivity contribution in [1.29, 1.82) is 0 Å². The molecule has 0 amide bonds. The topological polar surface area (TPSA) is 12.5 Å². The van der Waals surface area contributed by atoms with Gasteiger partial charge in [-0.05, 0) is 19.4 Å². The van der Waals surface area contributed by atoms with Gasteiger partial charge in [0.2, 0.25) is 0 Å². The molecule has 1 fully saturated rings. The van der Waals surface area contributed by atoms with Crippen molar-refractivity contribution in [3.05, 3.63) is 0 Å². The molecule has 0 N–H and O–H groups in total. The smallest absolute Gasteiger partial charge is 0.0700 e. The molecular formula is C9H19NO. The van der Waals surface area contributed by atoms with Crippen molar-refractivity contribution < 1.29 is 4.74 Å². The highest BCUT2D eigenvalue weighted by Gasteiger charge is 2.17. The van der Waals surface area contributed by atoms with Gasteiger partial charge in [-0.2, -0.15) is 0 Å². The summed E-state index contributed by atoms with van der Waals surface area (Å²) in [6, 6.07) is 0. The van der Waals surface area contributed by atoms with Gasteiger partial charge >= 0.3 is 0 Å². The predicted octanol–water partition coefficient (Wildman–Crippen LogP) is 1.51. The number of morpholine rings is 1. The molecule has 0 aliphatic carbocycles. The Hall–Kier alpha value is -0.0800. The lowest BCUT2D eigenvalue weighted by molar-refractivity contribution is -0.0294. The molecule has 11 heavy (non-hydrogen) atoms. The first kappa shape index (κ1) is 9.01. The van der Waals surface area contributed by atoms with Gasteiger partial charge in [-0.1, -0.05) is 13.8 Å². The van der Waals surface area contributed by atoms with Crippen LogP contribution in [0.15, 0.2) is 0 Å². The maximum atomic E-state index is 5.56. The van der Waals surface area contributed by atoms with Crippen LogP contribution in [-0.2, 0) is 4.74 Å². The van der Waals surface area contributed by atoms with Gasteiger partial charge in [0.25, 0.3) is 0 Å². The van der Waals surface area contributed by atoms with E-state index in [0.29, 0.717) is 6.10 Å². The Bertz CT molecular complexity index is 104. The number of ether oxygens (including phenoxy) is 1. The van der Waals surface area contributed by atoms with E-state index < -0.39 is 0 Å². The van der Waals surface area contributed by atoms with Crippen molar-refractivity contribution in [2.24, 2.45) is 0 Å². The third-order valence-corrected chi connectivity index (χ3v) is 2.22. The summed E-state index contributed by atoms with van der Waals surface area (Å²) < 4.78 is 5.56. The van der Waals surface area contributed by atoms with Gasteiger partial charge in [-0.25, -0.2) is 0 Å². The first-order valence-corrected chi connectivity index (χ1v) is 4.70. The van der Waals surface area contributed by atoms with Gasteiger partial charge in [0, 0.05) is 13.1 Å². The van der Waals surface area contributed by atoms with E-state index in [1.54, 1.807) is 0 Å². The minimum Gasteiger partial charge on any atom is -0.376 e. The van der Waals surface area contributed by atoms with Crippen LogP contribution in [0.2, 0.25) is 0 Å². The lowest BCUT2D eigenvalue weighted by Gasteiger charge is -2.32. The molecule has 66 valence electrons. The van der Waals surface area contributed by atoms with Crippen molar-refractivity contribution in [2.45, 2.75) is 32.8 Å². The maximum absolute atomic E-state index is 5.56. The molecule has 0 bridgehead atoms. The summed E-state index contributed by atoms with van der Waals surface area (Å²) in [6.45, 7) is 8.86. The predicted molar refractivity (Wildman–Crippen MR) is 46.8 cm³/mol. The second kappa shape index (κ2) is 4.73. The van der Waals surface area contributed by atoms with E-state index in [-0.39, 0.29) is 0 Å². The van der Waals surface area contributed by atoms with E-state index in [0.717, 1.165) is 26.1 Å². The van der Waals surface area contributed by atoms with Crippen molar-refractivity contribution in [1.82, 2.24) is 4.90 Å². The molecule has 2 nitrogen and oxygen atoms in total. The Labute approximate surface area is 69.5 Å². The zero-order valence-corrected chi connectivity index (χ0v) is 7.68. The van der Waals surface area contributed by atoms with Crippen LogP contribution < -0.4 is 0 Å². The normalized spacial score (nSPS) is 27.3. The van der Waals surface area contributed by atoms with Crippen LogP contribution >= 0.6 is 0 Å². The summed E-state index contributed by atoms with van der Waals surface area (Å²) in [5.74, 6) is 0. The van der Waals surface area contributed by atoms with Crippen LogP contribution in [0.1, 0.15) is 26.7 Å². The van der Waals surface area contributed by atoms with E-state index in [4.69, 9.17) is 4.74 Å². The lowest BCUT2D eigenvalue weighted by atomic mass is 10.2. The Morgan fingerprint density at radius 1 is 1.45 bits per heavy atom. The molecule has 0 aromatic rings. The van der Waals surface area contributed by atoms with Crippen LogP contribution in [0.25, 0.3) is 0 Å². The third-order valence-electron chi connectivity index (χ3n) is 2.22. The molecule has 0 spiro atoms. The van der Waals surface area contributed by atoms with Gasteiger partial charge < -0.3 is 4.74 Å². The maximum Gasteiger partial charge on any atom is 0.0700 e. The number of rotatable bonds is 3. The fourth-order valence-corrected chi connectivity index (χ4v) is 1.55. The van der Waals surface area contributed by atoms with Gasteiger partial charge in [0.1, 0.15) is 0 Å². The van der Waals surface area contributed by atoms with E-state index in [2.05, 4.69) is 18.7 Å². The zero-order chi connectivity index (χ0) is 8.10. The molecule has 0 saturated carbocycles.